The summed E-state index contributed by atoms with van der Waals surface area (Å²) in [4.78, 5) is 26.7. The van der Waals surface area contributed by atoms with Gasteiger partial charge in [0.05, 0.1) is 11.3 Å². The topological polar surface area (TPSA) is 84.2 Å². The fourth-order valence-corrected chi connectivity index (χ4v) is 4.71. The zero-order valence-electron chi connectivity index (χ0n) is 18.2. The Labute approximate surface area is 211 Å². The highest BCUT2D eigenvalue weighted by Crippen LogP contribution is 2.39. The lowest BCUT2D eigenvalue weighted by Crippen LogP contribution is -2.24. The van der Waals surface area contributed by atoms with E-state index in [1.165, 1.54) is 0 Å². The summed E-state index contributed by atoms with van der Waals surface area (Å²) in [5, 5.41) is 7.83. The molecule has 172 valence electrons. The molecule has 0 radical (unpaired) electrons. The zero-order valence-corrected chi connectivity index (χ0v) is 20.5. The molecule has 1 aromatic heterocycles. The normalized spacial score (nSPS) is 10.7. The molecule has 0 saturated carbocycles. The van der Waals surface area contributed by atoms with Gasteiger partial charge in [0, 0.05) is 27.8 Å². The van der Waals surface area contributed by atoms with Gasteiger partial charge in [-0.1, -0.05) is 53.5 Å². The van der Waals surface area contributed by atoms with Crippen molar-refractivity contribution in [2.45, 2.75) is 13.5 Å². The number of hydrogen-bond acceptors (Lipinski definition) is 5. The van der Waals surface area contributed by atoms with Crippen molar-refractivity contribution in [1.82, 2.24) is 5.32 Å². The quantitative estimate of drug-likeness (QED) is 0.238. The van der Waals surface area contributed by atoms with Crippen LogP contribution in [0, 0.1) is 6.92 Å². The number of carbonyl (C=O) groups is 2. The van der Waals surface area contributed by atoms with E-state index in [2.05, 4.69) is 10.6 Å². The Morgan fingerprint density at radius 3 is 2.18 bits per heavy atom. The zero-order chi connectivity index (χ0) is 24.2. The Balaban J connectivity index is 1.69. The molecule has 34 heavy (non-hydrogen) atoms. The third kappa shape index (κ3) is 5.25. The van der Waals surface area contributed by atoms with Gasteiger partial charge in [-0.15, -0.1) is 11.3 Å². The Kier molecular flexibility index (Phi) is 7.22. The van der Waals surface area contributed by atoms with Gasteiger partial charge in [0.25, 0.3) is 5.91 Å². The molecule has 0 spiro atoms. The number of carbonyl (C=O) groups excluding carboxylic acids is 2. The molecule has 3 aromatic carbocycles. The monoisotopic (exact) mass is 509 g/mol. The van der Waals surface area contributed by atoms with E-state index in [0.717, 1.165) is 28.2 Å². The lowest BCUT2D eigenvalue weighted by Gasteiger charge is -2.11. The molecule has 0 atom stereocenters. The summed E-state index contributed by atoms with van der Waals surface area (Å²) in [6.45, 7) is 2.24. The van der Waals surface area contributed by atoms with Gasteiger partial charge in [0.15, 0.2) is 0 Å². The molecule has 0 aliphatic rings. The van der Waals surface area contributed by atoms with E-state index in [1.807, 2.05) is 43.3 Å². The molecule has 1 heterocycles. The minimum Gasteiger partial charge on any atom is -0.397 e. The third-order valence-corrected chi connectivity index (χ3v) is 6.87. The van der Waals surface area contributed by atoms with Crippen LogP contribution in [0.15, 0.2) is 72.8 Å². The van der Waals surface area contributed by atoms with Crippen LogP contribution in [0.4, 0.5) is 16.4 Å². The number of nitrogen functional groups attached to an aromatic ring is 1. The number of benzene rings is 3. The van der Waals surface area contributed by atoms with Crippen LogP contribution >= 0.6 is 34.5 Å². The summed E-state index contributed by atoms with van der Waals surface area (Å²) in [7, 11) is 0. The van der Waals surface area contributed by atoms with Crippen molar-refractivity contribution in [3.63, 3.8) is 0 Å². The molecular weight excluding hydrogens is 489 g/mol. The molecule has 4 rings (SSSR count). The van der Waals surface area contributed by atoms with Gasteiger partial charge in [0.1, 0.15) is 9.88 Å². The van der Waals surface area contributed by atoms with E-state index >= 15 is 0 Å². The maximum Gasteiger partial charge on any atom is 0.256 e. The predicted octanol–water partition coefficient (Wildman–Crippen LogP) is 6.85. The van der Waals surface area contributed by atoms with Crippen molar-refractivity contribution < 1.29 is 9.59 Å². The highest BCUT2D eigenvalue weighted by Gasteiger charge is 2.26. The average Bonchev–Trinajstić information content (AvgIpc) is 3.15. The smallest absolute Gasteiger partial charge is 0.256 e. The summed E-state index contributed by atoms with van der Waals surface area (Å²) in [5.41, 5.74) is 9.91. The SMILES string of the molecule is Cc1ccccc1Nc1sc(C(=O)c2ccc(Cl)cc2)c(N)c1C(=O)NCc1ccc(Cl)cc1. The largest absolute Gasteiger partial charge is 0.397 e. The van der Waals surface area contributed by atoms with E-state index in [-0.39, 0.29) is 34.4 Å². The summed E-state index contributed by atoms with van der Waals surface area (Å²) < 4.78 is 0. The molecule has 0 saturated heterocycles. The number of hydrogen-bond donors (Lipinski definition) is 3. The molecule has 0 bridgehead atoms. The first-order chi connectivity index (χ1) is 16.3. The number of halogens is 2. The standard InChI is InChI=1S/C26H21Cl2N3O2S/c1-15-4-2-3-5-20(15)31-26-21(25(33)30-14-16-6-10-18(27)11-7-16)22(29)24(34-26)23(32)17-8-12-19(28)13-9-17/h2-13,31H,14,29H2,1H3,(H,30,33). The molecule has 4 aromatic rings. The Hall–Kier alpha value is -3.32. The van der Waals surface area contributed by atoms with Crippen molar-refractivity contribution in [2.24, 2.45) is 0 Å². The first-order valence-electron chi connectivity index (χ1n) is 10.4. The van der Waals surface area contributed by atoms with E-state index in [9.17, 15) is 9.59 Å². The van der Waals surface area contributed by atoms with Gasteiger partial charge < -0.3 is 16.4 Å². The number of ketones is 1. The average molecular weight is 510 g/mol. The van der Waals surface area contributed by atoms with Crippen molar-refractivity contribution in [1.29, 1.82) is 0 Å². The Morgan fingerprint density at radius 2 is 1.53 bits per heavy atom. The fourth-order valence-electron chi connectivity index (χ4n) is 3.37. The summed E-state index contributed by atoms with van der Waals surface area (Å²) >= 11 is 13.1. The number of amides is 1. The number of para-hydroxylation sites is 1. The number of anilines is 3. The molecule has 0 aliphatic heterocycles. The fraction of sp³-hybridized carbons (Fsp3) is 0.0769. The summed E-state index contributed by atoms with van der Waals surface area (Å²) in [6, 6.07) is 21.4. The minimum absolute atomic E-state index is 0.134. The second-order valence-electron chi connectivity index (χ2n) is 7.63. The van der Waals surface area contributed by atoms with E-state index in [0.29, 0.717) is 20.6 Å². The van der Waals surface area contributed by atoms with Crippen LogP contribution in [0.2, 0.25) is 10.0 Å². The van der Waals surface area contributed by atoms with Gasteiger partial charge >= 0.3 is 0 Å². The van der Waals surface area contributed by atoms with Gasteiger partial charge in [-0.3, -0.25) is 9.59 Å². The van der Waals surface area contributed by atoms with Crippen LogP contribution in [0.25, 0.3) is 0 Å². The van der Waals surface area contributed by atoms with E-state index in [1.54, 1.807) is 36.4 Å². The first-order valence-corrected chi connectivity index (χ1v) is 12.0. The number of thiophene rings is 1. The maximum absolute atomic E-state index is 13.2. The summed E-state index contributed by atoms with van der Waals surface area (Å²) in [6.07, 6.45) is 0. The second-order valence-corrected chi connectivity index (χ2v) is 9.53. The van der Waals surface area contributed by atoms with E-state index < -0.39 is 0 Å². The molecular formula is C26H21Cl2N3O2S. The van der Waals surface area contributed by atoms with Crippen LogP contribution in [-0.2, 0) is 6.54 Å². The Bertz CT molecular complexity index is 1350. The highest BCUT2D eigenvalue weighted by atomic mass is 35.5. The predicted molar refractivity (Wildman–Crippen MR) is 141 cm³/mol. The van der Waals surface area contributed by atoms with Gasteiger partial charge in [-0.25, -0.2) is 0 Å². The second kappa shape index (κ2) is 10.3. The molecule has 5 nitrogen and oxygen atoms in total. The van der Waals surface area contributed by atoms with Crippen LogP contribution in [0.1, 0.15) is 36.7 Å². The van der Waals surface area contributed by atoms with Crippen LogP contribution in [0.3, 0.4) is 0 Å². The maximum atomic E-state index is 13.2. The van der Waals surface area contributed by atoms with Gasteiger partial charge in [-0.05, 0) is 60.5 Å². The van der Waals surface area contributed by atoms with Crippen molar-refractivity contribution in [3.05, 3.63) is 110 Å². The minimum atomic E-state index is -0.380. The van der Waals surface area contributed by atoms with Crippen molar-refractivity contribution >= 4 is 62.6 Å². The van der Waals surface area contributed by atoms with Crippen LogP contribution in [-0.4, -0.2) is 11.7 Å². The molecule has 0 unspecified atom stereocenters. The van der Waals surface area contributed by atoms with Crippen molar-refractivity contribution in [2.75, 3.05) is 11.1 Å². The van der Waals surface area contributed by atoms with Gasteiger partial charge in [-0.2, -0.15) is 0 Å². The third-order valence-electron chi connectivity index (χ3n) is 5.24. The molecule has 4 N–H and O–H groups in total. The van der Waals surface area contributed by atoms with Crippen molar-refractivity contribution in [3.8, 4) is 0 Å². The summed E-state index contributed by atoms with van der Waals surface area (Å²) in [5.74, 6) is -0.654. The number of nitrogens with two attached hydrogens (primary N) is 1. The highest BCUT2D eigenvalue weighted by molar-refractivity contribution is 7.19. The number of aryl methyl sites for hydroxylation is 1. The number of nitrogens with one attached hydrogen (secondary N) is 2. The lowest BCUT2D eigenvalue weighted by atomic mass is 10.1. The first kappa shape index (κ1) is 23.8. The molecule has 1 amide bonds. The van der Waals surface area contributed by atoms with E-state index in [4.69, 9.17) is 28.9 Å². The molecule has 0 aliphatic carbocycles. The van der Waals surface area contributed by atoms with Crippen LogP contribution in [0.5, 0.6) is 0 Å². The Morgan fingerprint density at radius 1 is 0.912 bits per heavy atom. The van der Waals surface area contributed by atoms with Gasteiger partial charge in [0.2, 0.25) is 5.78 Å². The van der Waals surface area contributed by atoms with Crippen LogP contribution < -0.4 is 16.4 Å². The number of rotatable bonds is 7. The molecule has 0 fully saturated rings. The molecule has 8 heteroatoms. The lowest BCUT2D eigenvalue weighted by molar-refractivity contribution is 0.0953.